The molecule has 0 radical (unpaired) electrons. The van der Waals surface area contributed by atoms with Crippen molar-refractivity contribution in [3.63, 3.8) is 0 Å². The van der Waals surface area contributed by atoms with Crippen molar-refractivity contribution < 1.29 is 4.74 Å². The fraction of sp³-hybridized carbons (Fsp3) is 0.308. The molecule has 0 aliphatic heterocycles. The lowest BCUT2D eigenvalue weighted by molar-refractivity contribution is 0.190. The van der Waals surface area contributed by atoms with E-state index in [1.54, 1.807) is 18.4 Å². The number of hydrogen-bond acceptors (Lipinski definition) is 4. The molecule has 17 heavy (non-hydrogen) atoms. The number of thiazole rings is 1. The van der Waals surface area contributed by atoms with Crippen molar-refractivity contribution in [2.45, 2.75) is 13.0 Å². The average molecular weight is 248 g/mol. The van der Waals surface area contributed by atoms with Crippen LogP contribution in [0.15, 0.2) is 36.5 Å². The quantitative estimate of drug-likeness (QED) is 0.882. The largest absolute Gasteiger partial charge is 0.383 e. The zero-order chi connectivity index (χ0) is 12.1. The van der Waals surface area contributed by atoms with E-state index in [1.807, 2.05) is 24.4 Å². The summed E-state index contributed by atoms with van der Waals surface area (Å²) in [4.78, 5) is 5.55. The number of nitrogens with one attached hydrogen (secondary N) is 1. The summed E-state index contributed by atoms with van der Waals surface area (Å²) in [6.07, 6.45) is 1.90. The number of methoxy groups -OCH3 is 1. The van der Waals surface area contributed by atoms with Gasteiger partial charge in [-0.05, 0) is 12.5 Å². The van der Waals surface area contributed by atoms with Crippen LogP contribution in [0.1, 0.15) is 6.92 Å². The molecule has 4 heteroatoms. The molecule has 1 unspecified atom stereocenters. The topological polar surface area (TPSA) is 34.1 Å². The van der Waals surface area contributed by atoms with Crippen molar-refractivity contribution in [3.8, 4) is 10.4 Å². The Bertz CT molecular complexity index is 455. The van der Waals surface area contributed by atoms with E-state index in [1.165, 1.54) is 10.4 Å². The highest BCUT2D eigenvalue weighted by atomic mass is 32.1. The molecule has 0 saturated carbocycles. The molecule has 1 atom stereocenters. The lowest BCUT2D eigenvalue weighted by atomic mass is 10.2. The first kappa shape index (κ1) is 12.1. The molecule has 0 aliphatic carbocycles. The van der Waals surface area contributed by atoms with Gasteiger partial charge in [-0.25, -0.2) is 4.98 Å². The van der Waals surface area contributed by atoms with Crippen molar-refractivity contribution in [1.82, 2.24) is 4.98 Å². The average Bonchev–Trinajstić information content (AvgIpc) is 2.79. The molecule has 2 aromatic rings. The van der Waals surface area contributed by atoms with Crippen molar-refractivity contribution in [2.75, 3.05) is 19.0 Å². The van der Waals surface area contributed by atoms with E-state index in [0.717, 1.165) is 5.13 Å². The number of rotatable bonds is 5. The van der Waals surface area contributed by atoms with Crippen molar-refractivity contribution in [3.05, 3.63) is 36.5 Å². The third kappa shape index (κ3) is 3.28. The summed E-state index contributed by atoms with van der Waals surface area (Å²) in [5, 5.41) is 4.25. The number of hydrogen-bond donors (Lipinski definition) is 1. The van der Waals surface area contributed by atoms with Gasteiger partial charge in [0.15, 0.2) is 5.13 Å². The molecule has 90 valence electrons. The number of aromatic nitrogens is 1. The summed E-state index contributed by atoms with van der Waals surface area (Å²) < 4.78 is 5.08. The molecule has 0 bridgehead atoms. The van der Waals surface area contributed by atoms with Gasteiger partial charge in [0.05, 0.1) is 11.5 Å². The van der Waals surface area contributed by atoms with E-state index in [0.29, 0.717) is 6.61 Å². The Morgan fingerprint density at radius 2 is 2.12 bits per heavy atom. The zero-order valence-corrected chi connectivity index (χ0v) is 10.8. The molecule has 1 heterocycles. The Labute approximate surface area is 105 Å². The van der Waals surface area contributed by atoms with Crippen LogP contribution in [-0.4, -0.2) is 24.7 Å². The van der Waals surface area contributed by atoms with Crippen LogP contribution >= 0.6 is 11.3 Å². The van der Waals surface area contributed by atoms with E-state index >= 15 is 0 Å². The Morgan fingerprint density at radius 1 is 1.35 bits per heavy atom. The first-order valence-electron chi connectivity index (χ1n) is 5.56. The van der Waals surface area contributed by atoms with Crippen LogP contribution in [0.4, 0.5) is 5.13 Å². The van der Waals surface area contributed by atoms with Gasteiger partial charge >= 0.3 is 0 Å². The second-order valence-corrected chi connectivity index (χ2v) is 4.93. The van der Waals surface area contributed by atoms with Gasteiger partial charge in [-0.2, -0.15) is 0 Å². The van der Waals surface area contributed by atoms with Crippen LogP contribution in [-0.2, 0) is 4.74 Å². The fourth-order valence-corrected chi connectivity index (χ4v) is 2.51. The van der Waals surface area contributed by atoms with Crippen molar-refractivity contribution in [2.24, 2.45) is 0 Å². The van der Waals surface area contributed by atoms with Crippen LogP contribution in [0, 0.1) is 0 Å². The molecular weight excluding hydrogens is 232 g/mol. The summed E-state index contributed by atoms with van der Waals surface area (Å²) in [6.45, 7) is 2.76. The summed E-state index contributed by atoms with van der Waals surface area (Å²) in [5.41, 5.74) is 1.21. The lowest BCUT2D eigenvalue weighted by Gasteiger charge is -2.10. The van der Waals surface area contributed by atoms with Crippen LogP contribution in [0.5, 0.6) is 0 Å². The normalized spacial score (nSPS) is 12.4. The molecular formula is C13H16N2OS. The van der Waals surface area contributed by atoms with Gasteiger partial charge < -0.3 is 10.1 Å². The van der Waals surface area contributed by atoms with Gasteiger partial charge in [-0.1, -0.05) is 41.7 Å². The first-order valence-corrected chi connectivity index (χ1v) is 6.38. The van der Waals surface area contributed by atoms with E-state index in [9.17, 15) is 0 Å². The molecule has 1 N–H and O–H groups in total. The van der Waals surface area contributed by atoms with Crippen molar-refractivity contribution >= 4 is 16.5 Å². The Balaban J connectivity index is 2.06. The maximum absolute atomic E-state index is 5.08. The van der Waals surface area contributed by atoms with E-state index in [4.69, 9.17) is 4.74 Å². The monoisotopic (exact) mass is 248 g/mol. The Kier molecular flexibility index (Phi) is 4.12. The Hall–Kier alpha value is -1.39. The molecule has 1 aromatic heterocycles. The van der Waals surface area contributed by atoms with Crippen LogP contribution in [0.2, 0.25) is 0 Å². The fourth-order valence-electron chi connectivity index (χ4n) is 1.58. The lowest BCUT2D eigenvalue weighted by Crippen LogP contribution is -2.20. The minimum Gasteiger partial charge on any atom is -0.383 e. The number of nitrogens with zero attached hydrogens (tertiary/aromatic N) is 1. The standard InChI is InChI=1S/C13H16N2OS/c1-10(9-16-2)15-13-14-8-12(17-13)11-6-4-3-5-7-11/h3-8,10H,9H2,1-2H3,(H,14,15). The summed E-state index contributed by atoms with van der Waals surface area (Å²) >= 11 is 1.66. The number of anilines is 1. The second-order valence-electron chi connectivity index (χ2n) is 3.90. The van der Waals surface area contributed by atoms with Gasteiger partial charge in [-0.15, -0.1) is 0 Å². The van der Waals surface area contributed by atoms with Gasteiger partial charge in [-0.3, -0.25) is 0 Å². The third-order valence-electron chi connectivity index (χ3n) is 2.35. The van der Waals surface area contributed by atoms with Crippen LogP contribution < -0.4 is 5.32 Å². The molecule has 3 nitrogen and oxygen atoms in total. The predicted molar refractivity (Wildman–Crippen MR) is 72.5 cm³/mol. The van der Waals surface area contributed by atoms with Gasteiger partial charge in [0.25, 0.3) is 0 Å². The number of ether oxygens (including phenoxy) is 1. The molecule has 1 aromatic carbocycles. The van der Waals surface area contributed by atoms with E-state index < -0.39 is 0 Å². The van der Waals surface area contributed by atoms with Crippen LogP contribution in [0.3, 0.4) is 0 Å². The van der Waals surface area contributed by atoms with Gasteiger partial charge in [0, 0.05) is 19.3 Å². The maximum atomic E-state index is 5.08. The molecule has 2 rings (SSSR count). The molecule has 0 spiro atoms. The SMILES string of the molecule is COCC(C)Nc1ncc(-c2ccccc2)s1. The molecule has 0 amide bonds. The van der Waals surface area contributed by atoms with E-state index in [2.05, 4.69) is 29.4 Å². The highest BCUT2D eigenvalue weighted by Gasteiger charge is 2.06. The van der Waals surface area contributed by atoms with Crippen molar-refractivity contribution in [1.29, 1.82) is 0 Å². The number of benzene rings is 1. The van der Waals surface area contributed by atoms with Gasteiger partial charge in [0.2, 0.25) is 0 Å². The summed E-state index contributed by atoms with van der Waals surface area (Å²) in [5.74, 6) is 0. The minimum absolute atomic E-state index is 0.273. The van der Waals surface area contributed by atoms with Gasteiger partial charge in [0.1, 0.15) is 0 Å². The summed E-state index contributed by atoms with van der Waals surface area (Å²) in [7, 11) is 1.70. The smallest absolute Gasteiger partial charge is 0.183 e. The Morgan fingerprint density at radius 3 is 2.82 bits per heavy atom. The maximum Gasteiger partial charge on any atom is 0.183 e. The second kappa shape index (κ2) is 5.80. The summed E-state index contributed by atoms with van der Waals surface area (Å²) in [6, 6.07) is 10.6. The zero-order valence-electron chi connectivity index (χ0n) is 10.0. The highest BCUT2D eigenvalue weighted by molar-refractivity contribution is 7.18. The molecule has 0 fully saturated rings. The van der Waals surface area contributed by atoms with E-state index in [-0.39, 0.29) is 6.04 Å². The first-order chi connectivity index (χ1) is 8.29. The third-order valence-corrected chi connectivity index (χ3v) is 3.33. The predicted octanol–water partition coefficient (Wildman–Crippen LogP) is 3.26. The molecule has 0 saturated heterocycles. The molecule has 0 aliphatic rings. The highest BCUT2D eigenvalue weighted by Crippen LogP contribution is 2.28. The van der Waals surface area contributed by atoms with Crippen LogP contribution in [0.25, 0.3) is 10.4 Å². The minimum atomic E-state index is 0.273.